The number of aryl methyl sites for hydroxylation is 2. The number of fused-ring (bicyclic) bond motifs is 1. The van der Waals surface area contributed by atoms with Crippen molar-refractivity contribution in [3.63, 3.8) is 0 Å². The molecule has 1 atom stereocenters. The molecule has 2 aromatic heterocycles. The highest BCUT2D eigenvalue weighted by Crippen LogP contribution is 2.23. The summed E-state index contributed by atoms with van der Waals surface area (Å²) in [6, 6.07) is 7.65. The van der Waals surface area contributed by atoms with Gasteiger partial charge in [-0.05, 0) is 30.8 Å². The molecule has 10 nitrogen and oxygen atoms in total. The number of ether oxygens (including phenoxy) is 1. The zero-order chi connectivity index (χ0) is 23.4. The molecule has 3 aromatic rings. The first-order valence-corrected chi connectivity index (χ1v) is 10.6. The van der Waals surface area contributed by atoms with Gasteiger partial charge in [0.15, 0.2) is 11.2 Å². The molecule has 1 amide bonds. The number of rotatable bonds is 9. The third kappa shape index (κ3) is 4.45. The maximum atomic E-state index is 12.8. The van der Waals surface area contributed by atoms with E-state index in [9.17, 15) is 14.4 Å². The number of methoxy groups -OCH3 is 1. The molecule has 1 N–H and O–H groups in total. The largest absolute Gasteiger partial charge is 0.497 e. The molecule has 32 heavy (non-hydrogen) atoms. The summed E-state index contributed by atoms with van der Waals surface area (Å²) < 4.78 is 9.11. The topological polar surface area (TPSA) is 103 Å². The van der Waals surface area contributed by atoms with Gasteiger partial charge in [0.2, 0.25) is 5.91 Å². The lowest BCUT2D eigenvalue weighted by Crippen LogP contribution is -2.45. The highest BCUT2D eigenvalue weighted by Gasteiger charge is 2.21. The number of hydrogen-bond donors (Lipinski definition) is 1. The van der Waals surface area contributed by atoms with Crippen molar-refractivity contribution in [3.05, 3.63) is 57.0 Å². The molecular formula is C22H30N6O4. The Labute approximate surface area is 186 Å². The van der Waals surface area contributed by atoms with Crippen molar-refractivity contribution in [3.8, 4) is 5.75 Å². The second-order valence-electron chi connectivity index (χ2n) is 7.58. The summed E-state index contributed by atoms with van der Waals surface area (Å²) >= 11 is 0. The van der Waals surface area contributed by atoms with E-state index in [1.165, 1.54) is 17.9 Å². The number of nitrogens with zero attached hydrogens (tertiary/aromatic N) is 5. The number of hydrogen-bond acceptors (Lipinski definition) is 6. The van der Waals surface area contributed by atoms with E-state index in [4.69, 9.17) is 4.74 Å². The SMILES string of the molecule is CCN(CC)C(CNC(=O)Cn1c(=O)c2c(ncn2C)n(C)c1=O)c1cccc(OC)c1. The van der Waals surface area contributed by atoms with E-state index in [0.29, 0.717) is 12.2 Å². The van der Waals surface area contributed by atoms with Gasteiger partial charge in [-0.15, -0.1) is 0 Å². The number of benzene rings is 1. The molecule has 1 unspecified atom stereocenters. The minimum atomic E-state index is -0.579. The van der Waals surface area contributed by atoms with Crippen LogP contribution < -0.4 is 21.3 Å². The molecule has 0 fully saturated rings. The van der Waals surface area contributed by atoms with Gasteiger partial charge in [0, 0.05) is 20.6 Å². The Balaban J connectivity index is 1.84. The fraction of sp³-hybridized carbons (Fsp3) is 0.455. The van der Waals surface area contributed by atoms with Gasteiger partial charge in [0.1, 0.15) is 12.3 Å². The molecule has 0 aliphatic heterocycles. The quantitative estimate of drug-likeness (QED) is 0.522. The number of amides is 1. The van der Waals surface area contributed by atoms with Crippen LogP contribution >= 0.6 is 0 Å². The average molecular weight is 443 g/mol. The lowest BCUT2D eigenvalue weighted by Gasteiger charge is -2.30. The highest BCUT2D eigenvalue weighted by atomic mass is 16.5. The number of nitrogens with one attached hydrogen (secondary N) is 1. The maximum Gasteiger partial charge on any atom is 0.332 e. The van der Waals surface area contributed by atoms with Crippen molar-refractivity contribution in [1.82, 2.24) is 28.9 Å². The molecule has 0 aliphatic rings. The molecule has 0 saturated carbocycles. The highest BCUT2D eigenvalue weighted by molar-refractivity contribution is 5.76. The third-order valence-electron chi connectivity index (χ3n) is 5.73. The zero-order valence-corrected chi connectivity index (χ0v) is 19.2. The molecule has 3 rings (SSSR count). The van der Waals surface area contributed by atoms with Gasteiger partial charge in [-0.1, -0.05) is 26.0 Å². The van der Waals surface area contributed by atoms with Crippen LogP contribution in [0, 0.1) is 0 Å². The average Bonchev–Trinajstić information content (AvgIpc) is 3.19. The molecule has 1 aromatic carbocycles. The van der Waals surface area contributed by atoms with Crippen molar-refractivity contribution >= 4 is 17.1 Å². The van der Waals surface area contributed by atoms with Crippen molar-refractivity contribution in [2.75, 3.05) is 26.7 Å². The number of carbonyl (C=O) groups is 1. The number of carbonyl (C=O) groups excluding carboxylic acids is 1. The number of likely N-dealkylation sites (N-methyl/N-ethyl adjacent to an activating group) is 1. The van der Waals surface area contributed by atoms with Gasteiger partial charge in [-0.25, -0.2) is 14.3 Å². The van der Waals surface area contributed by atoms with Crippen LogP contribution in [0.1, 0.15) is 25.5 Å². The summed E-state index contributed by atoms with van der Waals surface area (Å²) in [6.07, 6.45) is 1.47. The van der Waals surface area contributed by atoms with E-state index in [-0.39, 0.29) is 18.1 Å². The Morgan fingerprint density at radius 2 is 1.94 bits per heavy atom. The summed E-state index contributed by atoms with van der Waals surface area (Å²) in [6.45, 7) is 5.68. The van der Waals surface area contributed by atoms with Crippen LogP contribution in [0.25, 0.3) is 11.2 Å². The lowest BCUT2D eigenvalue weighted by atomic mass is 10.0. The third-order valence-corrected chi connectivity index (χ3v) is 5.73. The van der Waals surface area contributed by atoms with Crippen LogP contribution in [0.5, 0.6) is 5.75 Å². The van der Waals surface area contributed by atoms with Gasteiger partial charge >= 0.3 is 5.69 Å². The van der Waals surface area contributed by atoms with Crippen molar-refractivity contribution in [2.24, 2.45) is 14.1 Å². The van der Waals surface area contributed by atoms with E-state index >= 15 is 0 Å². The second kappa shape index (κ2) is 9.82. The maximum absolute atomic E-state index is 12.8. The van der Waals surface area contributed by atoms with E-state index in [0.717, 1.165) is 29.0 Å². The summed E-state index contributed by atoms with van der Waals surface area (Å²) in [5.74, 6) is 0.330. The fourth-order valence-electron chi connectivity index (χ4n) is 3.92. The molecule has 2 heterocycles. The minimum Gasteiger partial charge on any atom is -0.497 e. The summed E-state index contributed by atoms with van der Waals surface area (Å²) in [7, 11) is 4.82. The molecule has 0 radical (unpaired) electrons. The summed E-state index contributed by atoms with van der Waals surface area (Å²) in [4.78, 5) is 44.6. The Morgan fingerprint density at radius 3 is 2.59 bits per heavy atom. The zero-order valence-electron chi connectivity index (χ0n) is 19.2. The molecule has 172 valence electrons. The normalized spacial score (nSPS) is 12.3. The first kappa shape index (κ1) is 23.3. The van der Waals surface area contributed by atoms with Gasteiger partial charge in [-0.2, -0.15) is 0 Å². The van der Waals surface area contributed by atoms with Crippen molar-refractivity contribution in [1.29, 1.82) is 0 Å². The van der Waals surface area contributed by atoms with Crippen molar-refractivity contribution in [2.45, 2.75) is 26.4 Å². The van der Waals surface area contributed by atoms with Crippen LogP contribution in [-0.2, 0) is 25.4 Å². The minimum absolute atomic E-state index is 0.0804. The fourth-order valence-corrected chi connectivity index (χ4v) is 3.92. The predicted molar refractivity (Wildman–Crippen MR) is 122 cm³/mol. The standard InChI is InChI=1S/C22H30N6O4/c1-6-27(7-2)17(15-9-8-10-16(11-15)32-5)12-23-18(29)13-28-21(30)19-20(24-14-25(19)3)26(4)22(28)31/h8-11,14,17H,6-7,12-13H2,1-5H3,(H,23,29). The summed E-state index contributed by atoms with van der Waals surface area (Å²) in [5.41, 5.74) is 0.463. The van der Waals surface area contributed by atoms with Crippen molar-refractivity contribution < 1.29 is 9.53 Å². The first-order chi connectivity index (χ1) is 15.3. The van der Waals surface area contributed by atoms with Gasteiger partial charge in [-0.3, -0.25) is 19.1 Å². The van der Waals surface area contributed by atoms with E-state index in [1.54, 1.807) is 18.7 Å². The van der Waals surface area contributed by atoms with Crippen LogP contribution in [0.4, 0.5) is 0 Å². The molecule has 0 saturated heterocycles. The lowest BCUT2D eigenvalue weighted by molar-refractivity contribution is -0.122. The van der Waals surface area contributed by atoms with Crippen LogP contribution in [0.2, 0.25) is 0 Å². The Morgan fingerprint density at radius 1 is 1.22 bits per heavy atom. The molecule has 10 heteroatoms. The number of imidazole rings is 1. The first-order valence-electron chi connectivity index (χ1n) is 10.6. The van der Waals surface area contributed by atoms with Gasteiger partial charge < -0.3 is 14.6 Å². The second-order valence-corrected chi connectivity index (χ2v) is 7.58. The number of aromatic nitrogens is 4. The van der Waals surface area contributed by atoms with E-state index < -0.39 is 17.2 Å². The predicted octanol–water partition coefficient (Wildman–Crippen LogP) is 0.642. The van der Waals surface area contributed by atoms with Crippen LogP contribution in [0.15, 0.2) is 40.2 Å². The molecule has 0 spiro atoms. The molecule has 0 bridgehead atoms. The van der Waals surface area contributed by atoms with Crippen LogP contribution in [0.3, 0.4) is 0 Å². The van der Waals surface area contributed by atoms with Gasteiger partial charge in [0.25, 0.3) is 5.56 Å². The van der Waals surface area contributed by atoms with E-state index in [1.807, 2.05) is 24.3 Å². The van der Waals surface area contributed by atoms with Gasteiger partial charge in [0.05, 0.1) is 19.5 Å². The summed E-state index contributed by atoms with van der Waals surface area (Å²) in [5, 5.41) is 2.90. The Hall–Kier alpha value is -3.40. The molecule has 0 aliphatic carbocycles. The van der Waals surface area contributed by atoms with Crippen LogP contribution in [-0.4, -0.2) is 56.2 Å². The van der Waals surface area contributed by atoms with E-state index in [2.05, 4.69) is 29.0 Å². The monoisotopic (exact) mass is 442 g/mol. The Kier molecular flexibility index (Phi) is 7.14. The Bertz CT molecular complexity index is 1220. The molecular weight excluding hydrogens is 412 g/mol. The smallest absolute Gasteiger partial charge is 0.332 e.